The standard InChI is InChI=1S/C28H33N7O4S/c1-18(2)26-25-22(19-9-10-24(29-17-19)34-11-13-39-14-12-34)16-23(28(36)32-40(5,37)38)30-27(25)35(31-26)21-8-6-7-20(15-21)33(3)4/h6-10,15-18H,11-14H2,1-5H3,(H,32,36). The van der Waals surface area contributed by atoms with E-state index in [-0.39, 0.29) is 11.6 Å². The van der Waals surface area contributed by atoms with E-state index in [0.717, 1.165) is 53.2 Å². The SMILES string of the molecule is CC(C)c1nn(-c2cccc(N(C)C)c2)c2nc(C(=O)NS(C)(=O)=O)cc(-c3ccc(N4CCOCC4)nc3)c12. The van der Waals surface area contributed by atoms with Crippen LogP contribution in [0.25, 0.3) is 27.8 Å². The van der Waals surface area contributed by atoms with E-state index < -0.39 is 15.9 Å². The van der Waals surface area contributed by atoms with Crippen LogP contribution in [-0.4, -0.2) is 80.7 Å². The number of carbonyl (C=O) groups excluding carboxylic acids is 1. The van der Waals surface area contributed by atoms with E-state index >= 15 is 0 Å². The number of morpholine rings is 1. The summed E-state index contributed by atoms with van der Waals surface area (Å²) in [7, 11) is 0.110. The molecule has 11 nitrogen and oxygen atoms in total. The van der Waals surface area contributed by atoms with E-state index in [1.807, 2.05) is 60.1 Å². The van der Waals surface area contributed by atoms with Crippen LogP contribution in [0.4, 0.5) is 11.5 Å². The molecule has 40 heavy (non-hydrogen) atoms. The first-order valence-corrected chi connectivity index (χ1v) is 14.9. The van der Waals surface area contributed by atoms with Gasteiger partial charge in [0, 0.05) is 44.6 Å². The molecule has 1 aliphatic rings. The van der Waals surface area contributed by atoms with Crippen molar-refractivity contribution >= 4 is 38.5 Å². The number of nitrogens with one attached hydrogen (secondary N) is 1. The van der Waals surface area contributed by atoms with Crippen molar-refractivity contribution in [2.75, 3.05) is 56.5 Å². The first kappa shape index (κ1) is 27.5. The number of nitrogens with zero attached hydrogens (tertiary/aromatic N) is 6. The highest BCUT2D eigenvalue weighted by molar-refractivity contribution is 7.89. The van der Waals surface area contributed by atoms with Crippen LogP contribution in [0.1, 0.15) is 35.9 Å². The maximum absolute atomic E-state index is 13.1. The number of rotatable bonds is 7. The summed E-state index contributed by atoms with van der Waals surface area (Å²) in [6, 6.07) is 13.4. The maximum atomic E-state index is 13.1. The quantitative estimate of drug-likeness (QED) is 0.361. The molecule has 1 amide bonds. The fraction of sp³-hybridized carbons (Fsp3) is 0.357. The number of hydrogen-bond donors (Lipinski definition) is 1. The average molecular weight is 564 g/mol. The smallest absolute Gasteiger partial charge is 0.283 e. The molecule has 4 heterocycles. The van der Waals surface area contributed by atoms with Crippen LogP contribution in [-0.2, 0) is 14.8 Å². The monoisotopic (exact) mass is 563 g/mol. The molecule has 0 aliphatic carbocycles. The van der Waals surface area contributed by atoms with Gasteiger partial charge in [0.2, 0.25) is 10.0 Å². The van der Waals surface area contributed by atoms with Gasteiger partial charge in [0.05, 0.1) is 36.2 Å². The highest BCUT2D eigenvalue weighted by atomic mass is 32.2. The number of hydrogen-bond acceptors (Lipinski definition) is 9. The molecule has 0 bridgehead atoms. The van der Waals surface area contributed by atoms with Crippen molar-refractivity contribution in [2.24, 2.45) is 0 Å². The summed E-state index contributed by atoms with van der Waals surface area (Å²) in [4.78, 5) is 26.6. The van der Waals surface area contributed by atoms with E-state index in [4.69, 9.17) is 14.8 Å². The zero-order valence-electron chi connectivity index (χ0n) is 23.2. The molecule has 1 aliphatic heterocycles. The number of anilines is 2. The van der Waals surface area contributed by atoms with E-state index in [9.17, 15) is 13.2 Å². The highest BCUT2D eigenvalue weighted by Crippen LogP contribution is 2.36. The molecule has 0 radical (unpaired) electrons. The summed E-state index contributed by atoms with van der Waals surface area (Å²) in [6.45, 7) is 6.93. The fourth-order valence-electron chi connectivity index (χ4n) is 4.72. The van der Waals surface area contributed by atoms with Crippen molar-refractivity contribution in [1.82, 2.24) is 24.5 Å². The molecule has 5 rings (SSSR count). The minimum absolute atomic E-state index is 0.0367. The second kappa shape index (κ2) is 10.9. The Hall–Kier alpha value is -4.03. The summed E-state index contributed by atoms with van der Waals surface area (Å²) in [5, 5.41) is 5.73. The number of fused-ring (bicyclic) bond motifs is 1. The van der Waals surface area contributed by atoms with Crippen molar-refractivity contribution in [3.8, 4) is 16.8 Å². The van der Waals surface area contributed by atoms with Gasteiger partial charge in [-0.1, -0.05) is 19.9 Å². The van der Waals surface area contributed by atoms with E-state index in [0.29, 0.717) is 24.4 Å². The lowest BCUT2D eigenvalue weighted by atomic mass is 9.98. The molecule has 4 aromatic rings. The van der Waals surface area contributed by atoms with Crippen LogP contribution in [0.2, 0.25) is 0 Å². The number of carbonyl (C=O) groups is 1. The van der Waals surface area contributed by atoms with Gasteiger partial charge in [-0.25, -0.2) is 27.8 Å². The Labute approximate surface area is 233 Å². The lowest BCUT2D eigenvalue weighted by Crippen LogP contribution is -2.36. The van der Waals surface area contributed by atoms with Crippen LogP contribution >= 0.6 is 0 Å². The molecular formula is C28H33N7O4S. The highest BCUT2D eigenvalue weighted by Gasteiger charge is 2.24. The number of benzene rings is 1. The molecule has 0 spiro atoms. The van der Waals surface area contributed by atoms with Crippen molar-refractivity contribution in [2.45, 2.75) is 19.8 Å². The molecule has 12 heteroatoms. The van der Waals surface area contributed by atoms with Crippen LogP contribution in [0.5, 0.6) is 0 Å². The Morgan fingerprint density at radius 3 is 2.48 bits per heavy atom. The Morgan fingerprint density at radius 2 is 1.85 bits per heavy atom. The summed E-state index contributed by atoms with van der Waals surface area (Å²) in [5.41, 5.74) is 4.42. The fourth-order valence-corrected chi connectivity index (χ4v) is 5.16. The van der Waals surface area contributed by atoms with Crippen molar-refractivity contribution < 1.29 is 17.9 Å². The van der Waals surface area contributed by atoms with Crippen LogP contribution in [0, 0.1) is 0 Å². The number of amides is 1. The molecule has 1 N–H and O–H groups in total. The van der Waals surface area contributed by atoms with Gasteiger partial charge >= 0.3 is 0 Å². The van der Waals surface area contributed by atoms with Crippen molar-refractivity contribution in [3.63, 3.8) is 0 Å². The molecule has 210 valence electrons. The minimum Gasteiger partial charge on any atom is -0.378 e. The lowest BCUT2D eigenvalue weighted by molar-refractivity contribution is 0.0977. The molecular weight excluding hydrogens is 530 g/mol. The summed E-state index contributed by atoms with van der Waals surface area (Å²) >= 11 is 0. The minimum atomic E-state index is -3.80. The predicted octanol–water partition coefficient (Wildman–Crippen LogP) is 3.20. The second-order valence-corrected chi connectivity index (χ2v) is 12.1. The average Bonchev–Trinajstić information content (AvgIpc) is 3.32. The summed E-state index contributed by atoms with van der Waals surface area (Å²) in [6.07, 6.45) is 2.71. The number of aromatic nitrogens is 4. The lowest BCUT2D eigenvalue weighted by Gasteiger charge is -2.27. The van der Waals surface area contributed by atoms with Gasteiger partial charge in [0.15, 0.2) is 5.65 Å². The Balaban J connectivity index is 1.73. The largest absolute Gasteiger partial charge is 0.378 e. The van der Waals surface area contributed by atoms with E-state index in [2.05, 4.69) is 23.7 Å². The molecule has 1 fully saturated rings. The topological polar surface area (TPSA) is 123 Å². The zero-order chi connectivity index (χ0) is 28.6. The Morgan fingerprint density at radius 1 is 1.10 bits per heavy atom. The summed E-state index contributed by atoms with van der Waals surface area (Å²) in [5.74, 6) is 0.0646. The zero-order valence-corrected chi connectivity index (χ0v) is 24.1. The van der Waals surface area contributed by atoms with Gasteiger partial charge in [-0.2, -0.15) is 5.10 Å². The van der Waals surface area contributed by atoms with Crippen LogP contribution in [0.15, 0.2) is 48.7 Å². The van der Waals surface area contributed by atoms with Gasteiger partial charge in [0.25, 0.3) is 5.91 Å². The Kier molecular flexibility index (Phi) is 7.47. The molecule has 3 aromatic heterocycles. The number of pyridine rings is 2. The molecule has 0 unspecified atom stereocenters. The first-order chi connectivity index (χ1) is 19.0. The number of ether oxygens (including phenoxy) is 1. The number of sulfonamides is 1. The third kappa shape index (κ3) is 5.63. The van der Waals surface area contributed by atoms with Gasteiger partial charge in [-0.05, 0) is 47.9 Å². The molecule has 1 saturated heterocycles. The normalized spacial score (nSPS) is 14.1. The Bertz CT molecular complexity index is 1660. The van der Waals surface area contributed by atoms with E-state index in [1.54, 1.807) is 16.9 Å². The maximum Gasteiger partial charge on any atom is 0.283 e. The van der Waals surface area contributed by atoms with Crippen LogP contribution < -0.4 is 14.5 Å². The molecule has 1 aromatic carbocycles. The van der Waals surface area contributed by atoms with E-state index in [1.165, 1.54) is 0 Å². The molecule has 0 saturated carbocycles. The van der Waals surface area contributed by atoms with Gasteiger partial charge < -0.3 is 14.5 Å². The summed E-state index contributed by atoms with van der Waals surface area (Å²) < 4.78 is 33.0. The van der Waals surface area contributed by atoms with Gasteiger partial charge in [-0.15, -0.1) is 0 Å². The second-order valence-electron chi connectivity index (χ2n) is 10.3. The van der Waals surface area contributed by atoms with Gasteiger partial charge in [0.1, 0.15) is 11.5 Å². The third-order valence-corrected chi connectivity index (χ3v) is 7.26. The van der Waals surface area contributed by atoms with Crippen molar-refractivity contribution in [1.29, 1.82) is 0 Å². The van der Waals surface area contributed by atoms with Crippen molar-refractivity contribution in [3.05, 3.63) is 60.0 Å². The predicted molar refractivity (Wildman–Crippen MR) is 156 cm³/mol. The third-order valence-electron chi connectivity index (χ3n) is 6.71. The van der Waals surface area contributed by atoms with Gasteiger partial charge in [-0.3, -0.25) is 4.79 Å². The van der Waals surface area contributed by atoms with Crippen LogP contribution in [0.3, 0.4) is 0 Å². The molecule has 0 atom stereocenters. The first-order valence-electron chi connectivity index (χ1n) is 13.0.